The molecule has 0 aliphatic carbocycles. The first kappa shape index (κ1) is 11.3. The Morgan fingerprint density at radius 1 is 1.46 bits per heavy atom. The molecule has 1 unspecified atom stereocenters. The topological polar surface area (TPSA) is 29.3 Å². The molecule has 0 saturated carbocycles. The molecule has 0 aromatic heterocycles. The second-order valence-corrected chi connectivity index (χ2v) is 4.89. The van der Waals surface area contributed by atoms with Crippen LogP contribution in [0.1, 0.15) is 25.7 Å². The summed E-state index contributed by atoms with van der Waals surface area (Å²) in [7, 11) is 0. The maximum atomic E-state index is 5.91. The summed E-state index contributed by atoms with van der Waals surface area (Å²) in [5.74, 6) is 1.31. The van der Waals surface area contributed by atoms with E-state index in [2.05, 4.69) is 11.2 Å². The Hall–Kier alpha value is 0.270. The van der Waals surface area contributed by atoms with E-state index >= 15 is 0 Å². The minimum atomic E-state index is 0.439. The van der Waals surface area contributed by atoms with Crippen LogP contribution in [-0.4, -0.2) is 42.6 Å². The van der Waals surface area contributed by atoms with Crippen molar-refractivity contribution in [3.8, 4) is 0 Å². The lowest BCUT2D eigenvalue weighted by molar-refractivity contribution is 0.207. The first-order chi connectivity index (χ1) is 6.33. The van der Waals surface area contributed by atoms with E-state index in [0.717, 1.165) is 6.54 Å². The number of thioether (sulfide) groups is 1. The van der Waals surface area contributed by atoms with Crippen LogP contribution in [0, 0.1) is 0 Å². The second-order valence-electron chi connectivity index (χ2n) is 3.90. The predicted octanol–water partition coefficient (Wildman–Crippen LogP) is 1.55. The van der Waals surface area contributed by atoms with Crippen molar-refractivity contribution in [1.82, 2.24) is 4.90 Å². The summed E-state index contributed by atoms with van der Waals surface area (Å²) in [5, 5.41) is 0. The van der Waals surface area contributed by atoms with Crippen LogP contribution in [0.15, 0.2) is 0 Å². The van der Waals surface area contributed by atoms with E-state index in [1.54, 1.807) is 0 Å². The van der Waals surface area contributed by atoms with E-state index in [-0.39, 0.29) is 0 Å². The van der Waals surface area contributed by atoms with Crippen molar-refractivity contribution in [3.63, 3.8) is 0 Å². The minimum absolute atomic E-state index is 0.439. The zero-order valence-electron chi connectivity index (χ0n) is 8.67. The van der Waals surface area contributed by atoms with Crippen LogP contribution in [0.3, 0.4) is 0 Å². The Morgan fingerprint density at radius 2 is 2.31 bits per heavy atom. The summed E-state index contributed by atoms with van der Waals surface area (Å²) in [6.45, 7) is 3.65. The van der Waals surface area contributed by atoms with Crippen molar-refractivity contribution in [2.45, 2.75) is 31.7 Å². The Kier molecular flexibility index (Phi) is 5.83. The van der Waals surface area contributed by atoms with E-state index in [9.17, 15) is 0 Å². The Balaban J connectivity index is 2.00. The Bertz CT molecular complexity index is 130. The smallest absolute Gasteiger partial charge is 0.0168 e. The third-order valence-corrected chi connectivity index (χ3v) is 3.31. The highest BCUT2D eigenvalue weighted by atomic mass is 32.2. The summed E-state index contributed by atoms with van der Waals surface area (Å²) in [5.41, 5.74) is 5.91. The largest absolute Gasteiger partial charge is 0.327 e. The molecule has 3 heteroatoms. The molecule has 1 heterocycles. The lowest BCUT2D eigenvalue weighted by Gasteiger charge is -2.30. The molecule has 1 rings (SSSR count). The highest BCUT2D eigenvalue weighted by molar-refractivity contribution is 7.98. The summed E-state index contributed by atoms with van der Waals surface area (Å²) in [6.07, 6.45) is 7.39. The van der Waals surface area contributed by atoms with Crippen LogP contribution in [0.25, 0.3) is 0 Å². The summed E-state index contributed by atoms with van der Waals surface area (Å²) < 4.78 is 0. The van der Waals surface area contributed by atoms with Gasteiger partial charge < -0.3 is 10.6 Å². The number of hydrogen-bond donors (Lipinski definition) is 1. The number of unbranched alkanes of at least 4 members (excludes halogenated alkanes) is 1. The van der Waals surface area contributed by atoms with Crippen LogP contribution in [0.2, 0.25) is 0 Å². The van der Waals surface area contributed by atoms with E-state index in [1.165, 1.54) is 44.5 Å². The fourth-order valence-electron chi connectivity index (χ4n) is 1.88. The maximum Gasteiger partial charge on any atom is 0.0168 e. The zero-order valence-corrected chi connectivity index (χ0v) is 9.48. The minimum Gasteiger partial charge on any atom is -0.327 e. The lowest BCUT2D eigenvalue weighted by atomic mass is 10.1. The molecule has 0 bridgehead atoms. The monoisotopic (exact) mass is 202 g/mol. The Labute approximate surface area is 86.2 Å². The lowest BCUT2D eigenvalue weighted by Crippen LogP contribution is -2.43. The van der Waals surface area contributed by atoms with Crippen LogP contribution in [0.4, 0.5) is 0 Å². The van der Waals surface area contributed by atoms with Crippen LogP contribution >= 0.6 is 11.8 Å². The molecule has 1 fully saturated rings. The molecular formula is C10H22N2S. The van der Waals surface area contributed by atoms with Gasteiger partial charge in [-0.15, -0.1) is 0 Å². The summed E-state index contributed by atoms with van der Waals surface area (Å²) in [6, 6.07) is 0.439. The molecule has 0 aromatic carbocycles. The number of nitrogens with zero attached hydrogens (tertiary/aromatic N) is 1. The van der Waals surface area contributed by atoms with Crippen molar-refractivity contribution in [1.29, 1.82) is 0 Å². The quantitative estimate of drug-likeness (QED) is 0.686. The maximum absolute atomic E-state index is 5.91. The zero-order chi connectivity index (χ0) is 9.52. The molecule has 2 nitrogen and oxygen atoms in total. The SMILES string of the molecule is CSCCCCN1CCCC(N)C1. The van der Waals surface area contributed by atoms with Crippen molar-refractivity contribution < 1.29 is 0 Å². The van der Waals surface area contributed by atoms with E-state index in [0.29, 0.717) is 6.04 Å². The second kappa shape index (κ2) is 6.68. The van der Waals surface area contributed by atoms with Crippen molar-refractivity contribution in [2.24, 2.45) is 5.73 Å². The number of rotatable bonds is 5. The van der Waals surface area contributed by atoms with Gasteiger partial charge in [-0.05, 0) is 50.8 Å². The van der Waals surface area contributed by atoms with Crippen molar-refractivity contribution in [2.75, 3.05) is 31.6 Å². The van der Waals surface area contributed by atoms with E-state index in [1.807, 2.05) is 11.8 Å². The molecule has 2 N–H and O–H groups in total. The van der Waals surface area contributed by atoms with Gasteiger partial charge in [0.15, 0.2) is 0 Å². The molecule has 1 saturated heterocycles. The molecule has 0 spiro atoms. The third kappa shape index (κ3) is 4.89. The van der Waals surface area contributed by atoms with E-state index < -0.39 is 0 Å². The van der Waals surface area contributed by atoms with Crippen LogP contribution in [-0.2, 0) is 0 Å². The van der Waals surface area contributed by atoms with Gasteiger partial charge in [-0.1, -0.05) is 0 Å². The molecule has 1 aliphatic rings. The molecule has 13 heavy (non-hydrogen) atoms. The number of hydrogen-bond acceptors (Lipinski definition) is 3. The third-order valence-electron chi connectivity index (χ3n) is 2.61. The van der Waals surface area contributed by atoms with Gasteiger partial charge >= 0.3 is 0 Å². The fraction of sp³-hybridized carbons (Fsp3) is 1.00. The van der Waals surface area contributed by atoms with Gasteiger partial charge in [0.1, 0.15) is 0 Å². The number of likely N-dealkylation sites (tertiary alicyclic amines) is 1. The standard InChI is InChI=1S/C10H22N2S/c1-13-8-3-2-6-12-7-4-5-10(11)9-12/h10H,2-9,11H2,1H3. The number of nitrogens with two attached hydrogens (primary N) is 1. The van der Waals surface area contributed by atoms with Crippen molar-refractivity contribution in [3.05, 3.63) is 0 Å². The number of piperidine rings is 1. The highest BCUT2D eigenvalue weighted by Crippen LogP contribution is 2.09. The summed E-state index contributed by atoms with van der Waals surface area (Å²) in [4.78, 5) is 2.52. The van der Waals surface area contributed by atoms with Gasteiger partial charge in [-0.2, -0.15) is 11.8 Å². The summed E-state index contributed by atoms with van der Waals surface area (Å²) >= 11 is 1.95. The fourth-order valence-corrected chi connectivity index (χ4v) is 2.37. The molecule has 1 aliphatic heterocycles. The van der Waals surface area contributed by atoms with Gasteiger partial charge in [-0.3, -0.25) is 0 Å². The highest BCUT2D eigenvalue weighted by Gasteiger charge is 2.15. The van der Waals surface area contributed by atoms with Gasteiger partial charge in [-0.25, -0.2) is 0 Å². The van der Waals surface area contributed by atoms with Gasteiger partial charge in [0.2, 0.25) is 0 Å². The van der Waals surface area contributed by atoms with Crippen LogP contribution in [0.5, 0.6) is 0 Å². The molecule has 0 aromatic rings. The van der Waals surface area contributed by atoms with Crippen molar-refractivity contribution >= 4 is 11.8 Å². The normalized spacial score (nSPS) is 24.9. The van der Waals surface area contributed by atoms with Gasteiger partial charge in [0.05, 0.1) is 0 Å². The van der Waals surface area contributed by atoms with E-state index in [4.69, 9.17) is 5.73 Å². The first-order valence-corrected chi connectivity index (χ1v) is 6.69. The average molecular weight is 202 g/mol. The molecular weight excluding hydrogens is 180 g/mol. The van der Waals surface area contributed by atoms with Crippen LogP contribution < -0.4 is 5.73 Å². The molecule has 0 amide bonds. The predicted molar refractivity (Wildman–Crippen MR) is 61.3 cm³/mol. The molecule has 78 valence electrons. The molecule has 1 atom stereocenters. The van der Waals surface area contributed by atoms with Gasteiger partial charge in [0, 0.05) is 12.6 Å². The molecule has 0 radical (unpaired) electrons. The average Bonchev–Trinajstić information content (AvgIpc) is 2.13. The first-order valence-electron chi connectivity index (χ1n) is 5.30. The Morgan fingerprint density at radius 3 is 3.00 bits per heavy atom. The van der Waals surface area contributed by atoms with Gasteiger partial charge in [0.25, 0.3) is 0 Å².